The first kappa shape index (κ1) is 26.0. The van der Waals surface area contributed by atoms with Crippen molar-refractivity contribution in [3.8, 4) is 16.9 Å². The van der Waals surface area contributed by atoms with Crippen LogP contribution in [0.1, 0.15) is 28.2 Å². The lowest BCUT2D eigenvalue weighted by Gasteiger charge is -2.25. The van der Waals surface area contributed by atoms with Gasteiger partial charge in [0.15, 0.2) is 15.6 Å². The largest absolute Gasteiger partial charge is 0.494 e. The van der Waals surface area contributed by atoms with Crippen molar-refractivity contribution in [3.63, 3.8) is 0 Å². The minimum Gasteiger partial charge on any atom is -0.494 e. The number of hydrogen-bond acceptors (Lipinski definition) is 9. The molecule has 9 nitrogen and oxygen atoms in total. The number of thiazole rings is 1. The van der Waals surface area contributed by atoms with Crippen molar-refractivity contribution in [2.75, 3.05) is 32.1 Å². The van der Waals surface area contributed by atoms with Crippen molar-refractivity contribution in [1.29, 1.82) is 0 Å². The maximum atomic E-state index is 13.3. The van der Waals surface area contributed by atoms with Crippen LogP contribution in [0.2, 0.25) is 5.15 Å². The zero-order chi connectivity index (χ0) is 26.8. The summed E-state index contributed by atoms with van der Waals surface area (Å²) in [7, 11) is 1.51. The molecule has 0 fully saturated rings. The van der Waals surface area contributed by atoms with Crippen LogP contribution in [0.5, 0.6) is 5.75 Å². The number of hydrogen-bond donors (Lipinski definition) is 1. The fourth-order valence-corrected chi connectivity index (χ4v) is 5.10. The zero-order valence-electron chi connectivity index (χ0n) is 20.4. The zero-order valence-corrected chi connectivity index (χ0v) is 22.0. The molecule has 1 N–H and O–H groups in total. The molecule has 13 heteroatoms. The Morgan fingerprint density at radius 2 is 2.03 bits per heavy atom. The molecule has 0 radical (unpaired) electrons. The summed E-state index contributed by atoms with van der Waals surface area (Å²) in [5.74, 6) is 0.0418. The maximum Gasteiger partial charge on any atom is 0.259 e. The number of anilines is 1. The van der Waals surface area contributed by atoms with Crippen LogP contribution in [0.4, 0.5) is 13.9 Å². The molecule has 0 atom stereocenters. The summed E-state index contributed by atoms with van der Waals surface area (Å²) in [5.41, 5.74) is 4.22. The van der Waals surface area contributed by atoms with Crippen molar-refractivity contribution in [3.05, 3.63) is 58.9 Å². The molecule has 5 rings (SSSR count). The summed E-state index contributed by atoms with van der Waals surface area (Å²) in [6, 6.07) is 3.41. The number of ether oxygens (including phenoxy) is 1. The van der Waals surface area contributed by atoms with E-state index in [1.807, 2.05) is 13.0 Å². The van der Waals surface area contributed by atoms with Gasteiger partial charge in [-0.15, -0.1) is 0 Å². The van der Waals surface area contributed by atoms with Crippen LogP contribution in [-0.2, 0) is 0 Å². The van der Waals surface area contributed by atoms with Crippen LogP contribution in [0.25, 0.3) is 27.2 Å². The number of methoxy groups -OCH3 is 1. The van der Waals surface area contributed by atoms with E-state index in [4.69, 9.17) is 16.3 Å². The minimum atomic E-state index is -2.36. The van der Waals surface area contributed by atoms with Gasteiger partial charge in [0.05, 0.1) is 37.3 Å². The fourth-order valence-electron chi connectivity index (χ4n) is 4.15. The van der Waals surface area contributed by atoms with Gasteiger partial charge in [0.25, 0.3) is 12.3 Å². The number of rotatable bonds is 7. The van der Waals surface area contributed by atoms with Gasteiger partial charge in [-0.05, 0) is 31.1 Å². The summed E-state index contributed by atoms with van der Waals surface area (Å²) >= 11 is 7.32. The number of fused-ring (bicyclic) bond motifs is 1. The third-order valence-corrected chi connectivity index (χ3v) is 7.05. The highest BCUT2D eigenvalue weighted by Gasteiger charge is 2.21. The van der Waals surface area contributed by atoms with E-state index < -0.39 is 12.3 Å². The van der Waals surface area contributed by atoms with E-state index in [2.05, 4.69) is 30.2 Å². The number of aromatic nitrogens is 5. The average molecular weight is 558 g/mol. The molecule has 0 unspecified atom stereocenters. The van der Waals surface area contributed by atoms with Gasteiger partial charge in [-0.3, -0.25) is 20.0 Å². The molecule has 1 aliphatic heterocycles. The minimum absolute atomic E-state index is 0.244. The third kappa shape index (κ3) is 5.62. The SMILES string of the molecule is COc1cnc(Cl)cc1-c1cc(C)ncc1C(=O)Nc1nc2ncc(C3=CCN(CC(F)F)CC3)nc2s1. The number of carbonyl (C=O) groups is 1. The molecule has 0 bridgehead atoms. The van der Waals surface area contributed by atoms with E-state index in [1.165, 1.54) is 30.8 Å². The molecule has 38 heavy (non-hydrogen) atoms. The average Bonchev–Trinajstić information content (AvgIpc) is 3.30. The second-order valence-electron chi connectivity index (χ2n) is 8.57. The Bertz CT molecular complexity index is 1550. The molecule has 1 amide bonds. The Balaban J connectivity index is 1.39. The highest BCUT2D eigenvalue weighted by atomic mass is 35.5. The second-order valence-corrected chi connectivity index (χ2v) is 9.93. The molecule has 196 valence electrons. The van der Waals surface area contributed by atoms with E-state index >= 15 is 0 Å². The molecule has 1 aliphatic rings. The van der Waals surface area contributed by atoms with Crippen LogP contribution in [0.15, 0.2) is 36.8 Å². The van der Waals surface area contributed by atoms with Gasteiger partial charge in [-0.25, -0.2) is 23.7 Å². The summed E-state index contributed by atoms with van der Waals surface area (Å²) < 4.78 is 30.7. The molecule has 0 aromatic carbocycles. The molecule has 4 aromatic heterocycles. The van der Waals surface area contributed by atoms with E-state index in [9.17, 15) is 13.6 Å². The number of nitrogens with zero attached hydrogens (tertiary/aromatic N) is 6. The number of halogens is 3. The molecule has 0 saturated heterocycles. The van der Waals surface area contributed by atoms with Crippen LogP contribution in [-0.4, -0.2) is 68.9 Å². The van der Waals surface area contributed by atoms with Gasteiger partial charge in [0.2, 0.25) is 0 Å². The van der Waals surface area contributed by atoms with Crippen LogP contribution < -0.4 is 10.1 Å². The molecule has 5 heterocycles. The van der Waals surface area contributed by atoms with Gasteiger partial charge in [-0.1, -0.05) is 29.0 Å². The molecular weight excluding hydrogens is 536 g/mol. The number of nitrogens with one attached hydrogen (secondary N) is 1. The smallest absolute Gasteiger partial charge is 0.259 e. The summed E-state index contributed by atoms with van der Waals surface area (Å²) in [6.07, 6.45) is 4.74. The Morgan fingerprint density at radius 3 is 2.76 bits per heavy atom. The van der Waals surface area contributed by atoms with Gasteiger partial charge in [0, 0.05) is 36.1 Å². The Hall–Kier alpha value is -3.61. The summed E-state index contributed by atoms with van der Waals surface area (Å²) in [6.45, 7) is 2.54. The molecular formula is C25H22ClF2N7O2S. The number of pyridine rings is 2. The lowest BCUT2D eigenvalue weighted by molar-refractivity contribution is 0.0934. The first-order chi connectivity index (χ1) is 18.3. The highest BCUT2D eigenvalue weighted by Crippen LogP contribution is 2.34. The fraction of sp³-hybridized carbons (Fsp3) is 0.280. The first-order valence-electron chi connectivity index (χ1n) is 11.6. The highest BCUT2D eigenvalue weighted by molar-refractivity contribution is 7.21. The molecule has 0 spiro atoms. The van der Waals surface area contributed by atoms with Crippen molar-refractivity contribution in [1.82, 2.24) is 29.8 Å². The van der Waals surface area contributed by atoms with Crippen LogP contribution >= 0.6 is 22.9 Å². The van der Waals surface area contributed by atoms with Crippen molar-refractivity contribution < 1.29 is 18.3 Å². The first-order valence-corrected chi connectivity index (χ1v) is 12.8. The van der Waals surface area contributed by atoms with Crippen molar-refractivity contribution in [2.45, 2.75) is 19.8 Å². The Morgan fingerprint density at radius 1 is 1.18 bits per heavy atom. The number of amides is 1. The predicted molar refractivity (Wildman–Crippen MR) is 142 cm³/mol. The monoisotopic (exact) mass is 557 g/mol. The topological polar surface area (TPSA) is 106 Å². The third-order valence-electron chi connectivity index (χ3n) is 5.99. The van der Waals surface area contributed by atoms with Gasteiger partial charge in [-0.2, -0.15) is 4.98 Å². The van der Waals surface area contributed by atoms with Crippen molar-refractivity contribution >= 4 is 50.0 Å². The second kappa shape index (κ2) is 11.0. The number of carbonyl (C=O) groups excluding carboxylic acids is 1. The summed E-state index contributed by atoms with van der Waals surface area (Å²) in [4.78, 5) is 37.4. The quantitative estimate of drug-likeness (QED) is 0.312. The Kier molecular flexibility index (Phi) is 7.54. The van der Waals surface area contributed by atoms with E-state index in [0.717, 1.165) is 5.57 Å². The molecule has 0 aliphatic carbocycles. The van der Waals surface area contributed by atoms with E-state index in [0.29, 0.717) is 68.9 Å². The molecule has 4 aromatic rings. The Labute approximate surface area is 225 Å². The van der Waals surface area contributed by atoms with Gasteiger partial charge < -0.3 is 4.74 Å². The number of alkyl halides is 2. The lowest BCUT2D eigenvalue weighted by Crippen LogP contribution is -2.32. The van der Waals surface area contributed by atoms with Crippen LogP contribution in [0.3, 0.4) is 0 Å². The van der Waals surface area contributed by atoms with Crippen molar-refractivity contribution in [2.24, 2.45) is 0 Å². The van der Waals surface area contributed by atoms with E-state index in [-0.39, 0.29) is 11.7 Å². The maximum absolute atomic E-state index is 13.3. The van der Waals surface area contributed by atoms with Gasteiger partial charge >= 0.3 is 0 Å². The lowest BCUT2D eigenvalue weighted by atomic mass is 10.0. The molecule has 0 saturated carbocycles. The summed E-state index contributed by atoms with van der Waals surface area (Å²) in [5, 5.41) is 3.41. The van der Waals surface area contributed by atoms with Crippen LogP contribution in [0, 0.1) is 6.92 Å². The normalized spacial score (nSPS) is 14.1. The van der Waals surface area contributed by atoms with Gasteiger partial charge in [0.1, 0.15) is 10.9 Å². The predicted octanol–water partition coefficient (Wildman–Crippen LogP) is 5.12. The van der Waals surface area contributed by atoms with E-state index in [1.54, 1.807) is 23.2 Å². The standard InChI is InChI=1S/C25H22ClF2N7O2S/c1-13-7-15(16-8-20(26)30-11-19(16)37-2)17(9-29-13)23(36)34-25-33-22-24(38-25)32-18(10-31-22)14-3-5-35(6-4-14)12-21(27)28/h3,7-11,21H,4-6,12H2,1-2H3,(H,31,33,34,36). The number of aryl methyl sites for hydroxylation is 1.